The fourth-order valence-corrected chi connectivity index (χ4v) is 1.73. The molecule has 0 spiro atoms. The Morgan fingerprint density at radius 1 is 1.50 bits per heavy atom. The van der Waals surface area contributed by atoms with Crippen LogP contribution in [0.5, 0.6) is 0 Å². The zero-order valence-electron chi connectivity index (χ0n) is 7.84. The predicted molar refractivity (Wildman–Crippen MR) is 50.1 cm³/mol. The molecule has 1 radical (unpaired) electrons. The van der Waals surface area contributed by atoms with Gasteiger partial charge in [-0.25, -0.2) is 8.78 Å². The van der Waals surface area contributed by atoms with Gasteiger partial charge in [0.1, 0.15) is 0 Å². The van der Waals surface area contributed by atoms with Crippen LogP contribution in [0.2, 0.25) is 0 Å². The molecule has 1 nitrogen and oxygen atoms in total. The van der Waals surface area contributed by atoms with Gasteiger partial charge < -0.3 is 0 Å². The van der Waals surface area contributed by atoms with E-state index in [-0.39, 0.29) is 13.0 Å². The molecule has 1 aliphatic heterocycles. The van der Waals surface area contributed by atoms with Gasteiger partial charge >= 0.3 is 0 Å². The van der Waals surface area contributed by atoms with Crippen LogP contribution in [-0.2, 0) is 6.54 Å². The Kier molecular flexibility index (Phi) is 2.50. The van der Waals surface area contributed by atoms with Crippen molar-refractivity contribution in [2.45, 2.75) is 18.9 Å². The van der Waals surface area contributed by atoms with E-state index in [0.29, 0.717) is 13.1 Å². The number of benzene rings is 1. The summed E-state index contributed by atoms with van der Waals surface area (Å²) in [4.78, 5) is 1.78. The molecule has 1 saturated heterocycles. The summed E-state index contributed by atoms with van der Waals surface area (Å²) in [5.74, 6) is -2.49. The molecule has 0 amide bonds. The monoisotopic (exact) mass is 196 g/mol. The molecule has 0 bridgehead atoms. The number of hydrogen-bond donors (Lipinski definition) is 0. The summed E-state index contributed by atoms with van der Waals surface area (Å²) < 4.78 is 25.7. The zero-order valence-corrected chi connectivity index (χ0v) is 7.84. The number of likely N-dealkylation sites (tertiary alicyclic amines) is 1. The number of hydrogen-bond acceptors (Lipinski definition) is 1. The van der Waals surface area contributed by atoms with Crippen molar-refractivity contribution in [1.82, 2.24) is 4.90 Å². The lowest BCUT2D eigenvalue weighted by molar-refractivity contribution is 0.0115. The van der Waals surface area contributed by atoms with Gasteiger partial charge in [0.25, 0.3) is 5.92 Å². The minimum Gasteiger partial charge on any atom is -0.293 e. The highest BCUT2D eigenvalue weighted by atomic mass is 19.3. The van der Waals surface area contributed by atoms with Crippen molar-refractivity contribution < 1.29 is 8.78 Å². The summed E-state index contributed by atoms with van der Waals surface area (Å²) in [6.45, 7) is 0.983. The van der Waals surface area contributed by atoms with Crippen molar-refractivity contribution in [3.8, 4) is 0 Å². The molecule has 1 aliphatic rings. The van der Waals surface area contributed by atoms with Gasteiger partial charge in [-0.1, -0.05) is 18.2 Å². The zero-order chi connectivity index (χ0) is 10.0. The van der Waals surface area contributed by atoms with Crippen LogP contribution in [0.25, 0.3) is 0 Å². The van der Waals surface area contributed by atoms with Crippen LogP contribution < -0.4 is 0 Å². The Morgan fingerprint density at radius 3 is 2.93 bits per heavy atom. The van der Waals surface area contributed by atoms with Crippen molar-refractivity contribution in [3.05, 3.63) is 35.9 Å². The normalized spacial score (nSPS) is 21.3. The molecule has 1 heterocycles. The summed E-state index contributed by atoms with van der Waals surface area (Å²) in [5.41, 5.74) is 1.05. The van der Waals surface area contributed by atoms with Crippen LogP contribution in [0.1, 0.15) is 12.0 Å². The number of halogens is 2. The molecule has 1 aromatic carbocycles. The highest BCUT2D eigenvalue weighted by Gasteiger charge is 2.37. The first-order valence-corrected chi connectivity index (χ1v) is 4.71. The number of alkyl halides is 2. The highest BCUT2D eigenvalue weighted by Crippen LogP contribution is 2.27. The van der Waals surface area contributed by atoms with Crippen LogP contribution in [0, 0.1) is 6.07 Å². The van der Waals surface area contributed by atoms with E-state index in [1.807, 2.05) is 24.3 Å². The van der Waals surface area contributed by atoms with E-state index in [0.717, 1.165) is 5.56 Å². The molecule has 0 aliphatic carbocycles. The SMILES string of the molecule is FC1(F)CCN(Cc2c[c]ccc2)C1. The molecule has 0 unspecified atom stereocenters. The Labute approximate surface area is 82.3 Å². The van der Waals surface area contributed by atoms with Gasteiger partial charge in [0, 0.05) is 19.5 Å². The molecular formula is C11H12F2N. The average Bonchev–Trinajstić information content (AvgIpc) is 2.47. The Balaban J connectivity index is 1.94. The maximum absolute atomic E-state index is 12.8. The lowest BCUT2D eigenvalue weighted by atomic mass is 10.2. The smallest absolute Gasteiger partial charge is 0.261 e. The summed E-state index contributed by atoms with van der Waals surface area (Å²) in [5, 5.41) is 0. The minimum absolute atomic E-state index is 0.0104. The van der Waals surface area contributed by atoms with Gasteiger partial charge in [0.2, 0.25) is 0 Å². The van der Waals surface area contributed by atoms with E-state index >= 15 is 0 Å². The molecular weight excluding hydrogens is 184 g/mol. The summed E-state index contributed by atoms with van der Waals surface area (Å²) >= 11 is 0. The molecule has 1 fully saturated rings. The van der Waals surface area contributed by atoms with E-state index in [1.54, 1.807) is 4.90 Å². The molecule has 2 rings (SSSR count). The van der Waals surface area contributed by atoms with E-state index in [1.165, 1.54) is 0 Å². The molecule has 0 saturated carbocycles. The first kappa shape index (κ1) is 9.59. The van der Waals surface area contributed by atoms with Crippen LogP contribution in [0.3, 0.4) is 0 Å². The fraction of sp³-hybridized carbons (Fsp3) is 0.455. The first-order chi connectivity index (χ1) is 6.66. The lowest BCUT2D eigenvalue weighted by Crippen LogP contribution is -2.24. The summed E-state index contributed by atoms with van der Waals surface area (Å²) in [6, 6.07) is 10.4. The molecule has 3 heteroatoms. The second kappa shape index (κ2) is 3.65. The Bertz CT molecular complexity index is 297. The van der Waals surface area contributed by atoms with Crippen molar-refractivity contribution in [2.75, 3.05) is 13.1 Å². The topological polar surface area (TPSA) is 3.24 Å². The van der Waals surface area contributed by atoms with Gasteiger partial charge in [0.15, 0.2) is 0 Å². The quantitative estimate of drug-likeness (QED) is 0.701. The summed E-state index contributed by atoms with van der Waals surface area (Å²) in [6.07, 6.45) is -0.0104. The van der Waals surface area contributed by atoms with Gasteiger partial charge in [-0.3, -0.25) is 4.90 Å². The molecule has 0 atom stereocenters. The molecule has 0 aromatic heterocycles. The highest BCUT2D eigenvalue weighted by molar-refractivity contribution is 5.13. The maximum atomic E-state index is 12.8. The second-order valence-electron chi connectivity index (χ2n) is 3.73. The average molecular weight is 196 g/mol. The number of rotatable bonds is 2. The van der Waals surface area contributed by atoms with Crippen molar-refractivity contribution in [3.63, 3.8) is 0 Å². The van der Waals surface area contributed by atoms with Crippen LogP contribution in [0.15, 0.2) is 24.3 Å². The molecule has 75 valence electrons. The standard InChI is InChI=1S/C11H12F2N/c12-11(13)6-7-14(9-11)8-10-4-2-1-3-5-10/h1-2,4-5H,6-9H2. The Morgan fingerprint density at radius 2 is 2.36 bits per heavy atom. The molecule has 1 aromatic rings. The van der Waals surface area contributed by atoms with E-state index in [2.05, 4.69) is 6.07 Å². The summed E-state index contributed by atoms with van der Waals surface area (Å²) in [7, 11) is 0. The van der Waals surface area contributed by atoms with E-state index < -0.39 is 5.92 Å². The molecule has 14 heavy (non-hydrogen) atoms. The third-order valence-corrected chi connectivity index (χ3v) is 2.43. The third-order valence-electron chi connectivity index (χ3n) is 2.43. The first-order valence-electron chi connectivity index (χ1n) is 4.71. The van der Waals surface area contributed by atoms with Crippen LogP contribution in [-0.4, -0.2) is 23.9 Å². The third kappa shape index (κ3) is 2.29. The van der Waals surface area contributed by atoms with Gasteiger partial charge in [0.05, 0.1) is 6.54 Å². The van der Waals surface area contributed by atoms with Crippen LogP contribution in [0.4, 0.5) is 8.78 Å². The van der Waals surface area contributed by atoms with Crippen molar-refractivity contribution >= 4 is 0 Å². The second-order valence-corrected chi connectivity index (χ2v) is 3.73. The predicted octanol–water partition coefficient (Wildman–Crippen LogP) is 2.33. The van der Waals surface area contributed by atoms with Crippen molar-refractivity contribution in [2.24, 2.45) is 0 Å². The van der Waals surface area contributed by atoms with Gasteiger partial charge in [-0.05, 0) is 17.7 Å². The maximum Gasteiger partial charge on any atom is 0.261 e. The van der Waals surface area contributed by atoms with Gasteiger partial charge in [-0.2, -0.15) is 0 Å². The van der Waals surface area contributed by atoms with E-state index in [4.69, 9.17) is 0 Å². The Hall–Kier alpha value is -0.960. The lowest BCUT2D eigenvalue weighted by Gasteiger charge is -2.15. The van der Waals surface area contributed by atoms with E-state index in [9.17, 15) is 8.78 Å². The number of nitrogens with zero attached hydrogens (tertiary/aromatic N) is 1. The van der Waals surface area contributed by atoms with Crippen molar-refractivity contribution in [1.29, 1.82) is 0 Å². The van der Waals surface area contributed by atoms with Crippen LogP contribution >= 0.6 is 0 Å². The fourth-order valence-electron chi connectivity index (χ4n) is 1.73. The molecule has 0 N–H and O–H groups in total. The van der Waals surface area contributed by atoms with Gasteiger partial charge in [-0.15, -0.1) is 0 Å². The minimum atomic E-state index is -2.49. The largest absolute Gasteiger partial charge is 0.293 e.